The lowest BCUT2D eigenvalue weighted by Crippen LogP contribution is -2.38. The van der Waals surface area contributed by atoms with Crippen molar-refractivity contribution in [2.45, 2.75) is 19.3 Å². The molecule has 5 heteroatoms. The molecule has 0 fully saturated rings. The lowest BCUT2D eigenvalue weighted by molar-refractivity contribution is 0.728. The molecule has 0 aliphatic heterocycles. The molecule has 0 rings (SSSR count). The van der Waals surface area contributed by atoms with E-state index >= 15 is 0 Å². The fraction of sp³-hybridized carbons (Fsp3) is 0.909. The van der Waals surface area contributed by atoms with Crippen LogP contribution >= 0.6 is 23.5 Å². The highest BCUT2D eigenvalue weighted by Crippen LogP contribution is 1.97. The zero-order valence-corrected chi connectivity index (χ0v) is 12.3. The Labute approximate surface area is 109 Å². The second-order valence-corrected chi connectivity index (χ2v) is 5.44. The van der Waals surface area contributed by atoms with Crippen molar-refractivity contribution in [3.8, 4) is 0 Å². The summed E-state index contributed by atoms with van der Waals surface area (Å²) in [5, 5.41) is 6.64. The summed E-state index contributed by atoms with van der Waals surface area (Å²) in [6.45, 7) is 2.02. The van der Waals surface area contributed by atoms with Gasteiger partial charge in [0, 0.05) is 20.1 Å². The van der Waals surface area contributed by atoms with Crippen molar-refractivity contribution < 1.29 is 0 Å². The molecule has 0 spiro atoms. The molecule has 0 amide bonds. The Morgan fingerprint density at radius 2 is 1.50 bits per heavy atom. The van der Waals surface area contributed by atoms with E-state index in [1.165, 1.54) is 30.8 Å². The van der Waals surface area contributed by atoms with Crippen LogP contribution in [-0.4, -0.2) is 50.1 Å². The molecule has 3 nitrogen and oxygen atoms in total. The Kier molecular flexibility index (Phi) is 13.0. The van der Waals surface area contributed by atoms with Gasteiger partial charge >= 0.3 is 0 Å². The van der Waals surface area contributed by atoms with E-state index in [1.807, 2.05) is 30.6 Å². The Hall–Kier alpha value is -0.0300. The van der Waals surface area contributed by atoms with Crippen molar-refractivity contribution in [2.24, 2.45) is 4.99 Å². The zero-order valence-electron chi connectivity index (χ0n) is 10.7. The third-order valence-electron chi connectivity index (χ3n) is 2.11. The van der Waals surface area contributed by atoms with Crippen molar-refractivity contribution in [1.82, 2.24) is 10.6 Å². The van der Waals surface area contributed by atoms with Gasteiger partial charge in [-0.1, -0.05) is 0 Å². The SMILES string of the molecule is CN=C(NCCCCSC)NCCCSC. The molecular weight excluding hydrogens is 238 g/mol. The molecule has 0 aliphatic rings. The molecule has 0 atom stereocenters. The Bertz CT molecular complexity index is 175. The van der Waals surface area contributed by atoms with E-state index in [-0.39, 0.29) is 0 Å². The number of aliphatic imine (C=N–C) groups is 1. The molecule has 0 radical (unpaired) electrons. The Morgan fingerprint density at radius 1 is 0.938 bits per heavy atom. The minimum atomic E-state index is 0.935. The number of nitrogens with one attached hydrogen (secondary N) is 2. The summed E-state index contributed by atoms with van der Waals surface area (Å²) in [7, 11) is 1.83. The van der Waals surface area contributed by atoms with Crippen LogP contribution in [0.1, 0.15) is 19.3 Å². The van der Waals surface area contributed by atoms with Gasteiger partial charge in [-0.15, -0.1) is 0 Å². The first-order chi connectivity index (χ1) is 7.85. The van der Waals surface area contributed by atoms with Gasteiger partial charge in [-0.3, -0.25) is 4.99 Å². The van der Waals surface area contributed by atoms with Gasteiger partial charge < -0.3 is 10.6 Å². The van der Waals surface area contributed by atoms with Crippen LogP contribution in [0.5, 0.6) is 0 Å². The van der Waals surface area contributed by atoms with Gasteiger partial charge in [-0.25, -0.2) is 0 Å². The quantitative estimate of drug-likeness (QED) is 0.379. The molecule has 0 saturated heterocycles. The molecule has 0 aromatic carbocycles. The average Bonchev–Trinajstić information content (AvgIpc) is 2.31. The number of rotatable bonds is 9. The van der Waals surface area contributed by atoms with Crippen LogP contribution in [-0.2, 0) is 0 Å². The van der Waals surface area contributed by atoms with Gasteiger partial charge in [0.05, 0.1) is 0 Å². The smallest absolute Gasteiger partial charge is 0.190 e. The molecule has 2 N–H and O–H groups in total. The van der Waals surface area contributed by atoms with Crippen LogP contribution in [0.15, 0.2) is 4.99 Å². The molecule has 0 aromatic rings. The van der Waals surface area contributed by atoms with Crippen molar-refractivity contribution in [1.29, 1.82) is 0 Å². The molecular formula is C11H25N3S2. The lowest BCUT2D eigenvalue weighted by Gasteiger charge is -2.11. The van der Waals surface area contributed by atoms with Gasteiger partial charge in [0.2, 0.25) is 0 Å². The van der Waals surface area contributed by atoms with Gasteiger partial charge in [0.25, 0.3) is 0 Å². The molecule has 0 aromatic heterocycles. The van der Waals surface area contributed by atoms with E-state index in [0.717, 1.165) is 19.0 Å². The second-order valence-electron chi connectivity index (χ2n) is 3.47. The first-order valence-corrected chi connectivity index (χ1v) is 8.56. The summed E-state index contributed by atoms with van der Waals surface area (Å²) in [6.07, 6.45) is 7.97. The molecule has 16 heavy (non-hydrogen) atoms. The van der Waals surface area contributed by atoms with E-state index in [9.17, 15) is 0 Å². The van der Waals surface area contributed by atoms with Crippen LogP contribution in [0, 0.1) is 0 Å². The van der Waals surface area contributed by atoms with Gasteiger partial charge in [0.1, 0.15) is 0 Å². The maximum atomic E-state index is 4.19. The highest BCUT2D eigenvalue weighted by atomic mass is 32.2. The third-order valence-corrected chi connectivity index (χ3v) is 3.50. The first kappa shape index (κ1) is 16.0. The fourth-order valence-corrected chi connectivity index (χ4v) is 2.15. The van der Waals surface area contributed by atoms with E-state index in [4.69, 9.17) is 0 Å². The predicted molar refractivity (Wildman–Crippen MR) is 80.0 cm³/mol. The predicted octanol–water partition coefficient (Wildman–Crippen LogP) is 2.05. The Balaban J connectivity index is 3.38. The van der Waals surface area contributed by atoms with E-state index in [2.05, 4.69) is 28.1 Å². The maximum Gasteiger partial charge on any atom is 0.190 e. The van der Waals surface area contributed by atoms with Crippen molar-refractivity contribution in [3.63, 3.8) is 0 Å². The number of hydrogen-bond acceptors (Lipinski definition) is 3. The van der Waals surface area contributed by atoms with Crippen LogP contribution in [0.4, 0.5) is 0 Å². The summed E-state index contributed by atoms with van der Waals surface area (Å²) in [5.74, 6) is 3.39. The molecule has 0 heterocycles. The molecule has 0 bridgehead atoms. The van der Waals surface area contributed by atoms with Crippen LogP contribution in [0.2, 0.25) is 0 Å². The van der Waals surface area contributed by atoms with Gasteiger partial charge in [-0.2, -0.15) is 23.5 Å². The number of nitrogens with zero attached hydrogens (tertiary/aromatic N) is 1. The zero-order chi connectivity index (χ0) is 12.1. The molecule has 0 saturated carbocycles. The molecule has 96 valence electrons. The van der Waals surface area contributed by atoms with Gasteiger partial charge in [0.15, 0.2) is 5.96 Å². The summed E-state index contributed by atoms with van der Waals surface area (Å²) in [5.41, 5.74) is 0. The van der Waals surface area contributed by atoms with E-state index in [0.29, 0.717) is 0 Å². The third kappa shape index (κ3) is 10.5. The summed E-state index contributed by atoms with van der Waals surface area (Å²) >= 11 is 3.79. The summed E-state index contributed by atoms with van der Waals surface area (Å²) < 4.78 is 0. The number of unbranched alkanes of at least 4 members (excludes halogenated alkanes) is 1. The normalized spacial score (nSPS) is 11.6. The second kappa shape index (κ2) is 13.0. The maximum absolute atomic E-state index is 4.19. The lowest BCUT2D eigenvalue weighted by atomic mass is 10.3. The largest absolute Gasteiger partial charge is 0.356 e. The standard InChI is InChI=1S/C11H25N3S2/c1-12-11(14-8-6-10-16-3)13-7-4-5-9-15-2/h4-10H2,1-3H3,(H2,12,13,14). The van der Waals surface area contributed by atoms with E-state index in [1.54, 1.807) is 0 Å². The van der Waals surface area contributed by atoms with Gasteiger partial charge in [-0.05, 0) is 43.3 Å². The van der Waals surface area contributed by atoms with Crippen molar-refractivity contribution >= 4 is 29.5 Å². The highest BCUT2D eigenvalue weighted by Gasteiger charge is 1.95. The topological polar surface area (TPSA) is 36.4 Å². The average molecular weight is 263 g/mol. The summed E-state index contributed by atoms with van der Waals surface area (Å²) in [4.78, 5) is 4.19. The van der Waals surface area contributed by atoms with E-state index < -0.39 is 0 Å². The van der Waals surface area contributed by atoms with Crippen LogP contribution in [0.3, 0.4) is 0 Å². The van der Waals surface area contributed by atoms with Crippen LogP contribution in [0.25, 0.3) is 0 Å². The molecule has 0 aliphatic carbocycles. The monoisotopic (exact) mass is 263 g/mol. The highest BCUT2D eigenvalue weighted by molar-refractivity contribution is 7.98. The first-order valence-electron chi connectivity index (χ1n) is 5.77. The van der Waals surface area contributed by atoms with Crippen LogP contribution < -0.4 is 10.6 Å². The minimum Gasteiger partial charge on any atom is -0.356 e. The number of guanidine groups is 1. The Morgan fingerprint density at radius 3 is 2.06 bits per heavy atom. The van der Waals surface area contributed by atoms with Crippen molar-refractivity contribution in [3.05, 3.63) is 0 Å². The van der Waals surface area contributed by atoms with Crippen molar-refractivity contribution in [2.75, 3.05) is 44.2 Å². The number of hydrogen-bond donors (Lipinski definition) is 2. The fourth-order valence-electron chi connectivity index (χ4n) is 1.22. The number of thioether (sulfide) groups is 2. The summed E-state index contributed by atoms with van der Waals surface area (Å²) in [6, 6.07) is 0. The minimum absolute atomic E-state index is 0.935. The molecule has 0 unspecified atom stereocenters.